The molecule has 1 unspecified atom stereocenters. The molecule has 1 atom stereocenters. The van der Waals surface area contributed by atoms with E-state index in [2.05, 4.69) is 36.0 Å². The Bertz CT molecular complexity index is 812. The number of halogens is 4. The molecular formula is C18H20BrF3N4O2. The predicted molar refractivity (Wildman–Crippen MR) is 103 cm³/mol. The van der Waals surface area contributed by atoms with Crippen LogP contribution in [0.15, 0.2) is 45.4 Å². The number of hydrogen-bond acceptors (Lipinski definition) is 4. The number of hydrogen-bond donors (Lipinski definition) is 2. The van der Waals surface area contributed by atoms with Crippen molar-refractivity contribution < 1.29 is 22.7 Å². The van der Waals surface area contributed by atoms with Gasteiger partial charge in [-0.15, -0.1) is 0 Å². The molecule has 1 aromatic rings. The molecule has 1 aromatic heterocycles. The van der Waals surface area contributed by atoms with Crippen LogP contribution in [0.25, 0.3) is 0 Å². The SMILES string of the molecule is Cc1cc(Br)cnc1C(=O)NC1=CC=C(F)C(C/N=C(/N)COCC(F)F)C1. The summed E-state index contributed by atoms with van der Waals surface area (Å²) >= 11 is 3.29. The summed E-state index contributed by atoms with van der Waals surface area (Å²) < 4.78 is 43.5. The molecule has 1 aliphatic carbocycles. The van der Waals surface area contributed by atoms with E-state index in [1.165, 1.54) is 18.3 Å². The van der Waals surface area contributed by atoms with Crippen molar-refractivity contribution in [2.24, 2.45) is 16.6 Å². The van der Waals surface area contributed by atoms with Crippen molar-refractivity contribution in [3.05, 3.63) is 51.7 Å². The van der Waals surface area contributed by atoms with Crippen LogP contribution in [0.5, 0.6) is 0 Å². The first-order valence-corrected chi connectivity index (χ1v) is 9.20. The molecular weight excluding hydrogens is 441 g/mol. The summed E-state index contributed by atoms with van der Waals surface area (Å²) in [5.74, 6) is -1.41. The summed E-state index contributed by atoms with van der Waals surface area (Å²) in [4.78, 5) is 20.5. The minimum Gasteiger partial charge on any atom is -0.386 e. The van der Waals surface area contributed by atoms with Crippen LogP contribution in [0.3, 0.4) is 0 Å². The van der Waals surface area contributed by atoms with Crippen LogP contribution in [0.1, 0.15) is 22.5 Å². The Morgan fingerprint density at radius 3 is 2.93 bits per heavy atom. The van der Waals surface area contributed by atoms with E-state index in [1.54, 1.807) is 13.0 Å². The monoisotopic (exact) mass is 460 g/mol. The molecule has 6 nitrogen and oxygen atoms in total. The first kappa shape index (κ1) is 22.1. The number of aliphatic imine (C=N–C) groups is 1. The maximum Gasteiger partial charge on any atom is 0.274 e. The molecule has 0 bridgehead atoms. The molecule has 152 valence electrons. The van der Waals surface area contributed by atoms with E-state index in [-0.39, 0.29) is 31.1 Å². The fourth-order valence-corrected chi connectivity index (χ4v) is 2.95. The van der Waals surface area contributed by atoms with Gasteiger partial charge < -0.3 is 15.8 Å². The molecule has 0 saturated carbocycles. The van der Waals surface area contributed by atoms with Crippen LogP contribution in [0.2, 0.25) is 0 Å². The number of alkyl halides is 2. The van der Waals surface area contributed by atoms with Gasteiger partial charge in [0.25, 0.3) is 12.3 Å². The van der Waals surface area contributed by atoms with E-state index in [4.69, 9.17) is 5.73 Å². The van der Waals surface area contributed by atoms with E-state index in [1.807, 2.05) is 0 Å². The molecule has 0 aromatic carbocycles. The van der Waals surface area contributed by atoms with E-state index >= 15 is 0 Å². The van der Waals surface area contributed by atoms with Gasteiger partial charge in [-0.2, -0.15) is 0 Å². The smallest absolute Gasteiger partial charge is 0.274 e. The summed E-state index contributed by atoms with van der Waals surface area (Å²) in [5.41, 5.74) is 7.07. The largest absolute Gasteiger partial charge is 0.386 e. The van der Waals surface area contributed by atoms with Crippen molar-refractivity contribution in [3.8, 4) is 0 Å². The third kappa shape index (κ3) is 6.75. The number of carbonyl (C=O) groups excluding carboxylic acids is 1. The lowest BCUT2D eigenvalue weighted by Crippen LogP contribution is -2.28. The molecule has 0 fully saturated rings. The van der Waals surface area contributed by atoms with Crippen LogP contribution in [0, 0.1) is 12.8 Å². The molecule has 3 N–H and O–H groups in total. The van der Waals surface area contributed by atoms with Gasteiger partial charge in [-0.1, -0.05) is 0 Å². The fourth-order valence-electron chi connectivity index (χ4n) is 2.50. The van der Waals surface area contributed by atoms with E-state index in [0.29, 0.717) is 11.3 Å². The lowest BCUT2D eigenvalue weighted by Gasteiger charge is -2.20. The van der Waals surface area contributed by atoms with Gasteiger partial charge in [-0.25, -0.2) is 18.2 Å². The average molecular weight is 461 g/mol. The zero-order valence-electron chi connectivity index (χ0n) is 15.1. The van der Waals surface area contributed by atoms with Crippen LogP contribution >= 0.6 is 15.9 Å². The van der Waals surface area contributed by atoms with Crippen molar-refractivity contribution >= 4 is 27.7 Å². The number of nitrogens with one attached hydrogen (secondary N) is 1. The Morgan fingerprint density at radius 1 is 1.50 bits per heavy atom. The summed E-state index contributed by atoms with van der Waals surface area (Å²) in [6.45, 7) is 0.777. The number of carbonyl (C=O) groups is 1. The number of aromatic nitrogens is 1. The van der Waals surface area contributed by atoms with E-state index in [9.17, 15) is 18.0 Å². The Kier molecular flexibility index (Phi) is 8.18. The minimum atomic E-state index is -2.59. The van der Waals surface area contributed by atoms with Crippen molar-refractivity contribution in [1.29, 1.82) is 0 Å². The van der Waals surface area contributed by atoms with Gasteiger partial charge in [0.05, 0.1) is 6.54 Å². The normalized spacial score (nSPS) is 17.4. The summed E-state index contributed by atoms with van der Waals surface area (Å²) in [7, 11) is 0. The van der Waals surface area contributed by atoms with Crippen LogP contribution < -0.4 is 11.1 Å². The fraction of sp³-hybridized carbons (Fsp3) is 0.389. The molecule has 2 rings (SSSR count). The molecule has 1 aliphatic rings. The van der Waals surface area contributed by atoms with Crippen LogP contribution in [0.4, 0.5) is 13.2 Å². The van der Waals surface area contributed by atoms with Gasteiger partial charge in [0.2, 0.25) is 0 Å². The first-order valence-electron chi connectivity index (χ1n) is 8.40. The topological polar surface area (TPSA) is 89.6 Å². The van der Waals surface area contributed by atoms with Crippen molar-refractivity contribution in [2.75, 3.05) is 19.8 Å². The Balaban J connectivity index is 1.93. The van der Waals surface area contributed by atoms with Crippen LogP contribution in [-0.2, 0) is 4.74 Å². The predicted octanol–water partition coefficient (Wildman–Crippen LogP) is 3.28. The zero-order chi connectivity index (χ0) is 20.7. The standard InChI is InChI=1S/C18H20BrF3N4O2/c1-10-4-12(19)7-25-17(10)18(27)26-13-2-3-14(20)11(5-13)6-24-16(23)9-28-8-15(21)22/h2-4,7,11,15H,5-6,8-9H2,1H3,(H2,23,24)(H,26,27). The van der Waals surface area contributed by atoms with Crippen molar-refractivity contribution in [1.82, 2.24) is 10.3 Å². The maximum absolute atomic E-state index is 14.0. The van der Waals surface area contributed by atoms with Gasteiger partial charge in [0.15, 0.2) is 0 Å². The number of allylic oxidation sites excluding steroid dienone is 3. The number of amides is 1. The van der Waals surface area contributed by atoms with E-state index < -0.39 is 30.7 Å². The van der Waals surface area contributed by atoms with Crippen LogP contribution in [-0.4, -0.2) is 42.9 Å². The molecule has 0 radical (unpaired) electrons. The Hall–Kier alpha value is -2.20. The maximum atomic E-state index is 14.0. The highest BCUT2D eigenvalue weighted by Gasteiger charge is 2.22. The highest BCUT2D eigenvalue weighted by molar-refractivity contribution is 9.10. The summed E-state index contributed by atoms with van der Waals surface area (Å²) in [6, 6.07) is 1.77. The van der Waals surface area contributed by atoms with Gasteiger partial charge >= 0.3 is 0 Å². The van der Waals surface area contributed by atoms with Gasteiger partial charge in [-0.05, 0) is 53.1 Å². The quantitative estimate of drug-likeness (QED) is 0.460. The Morgan fingerprint density at radius 2 is 2.25 bits per heavy atom. The first-order chi connectivity index (χ1) is 13.3. The van der Waals surface area contributed by atoms with Gasteiger partial charge in [-0.3, -0.25) is 9.79 Å². The minimum absolute atomic E-state index is 0.00303. The number of nitrogens with zero attached hydrogens (tertiary/aromatic N) is 2. The summed E-state index contributed by atoms with van der Waals surface area (Å²) in [5, 5.41) is 2.73. The molecule has 0 spiro atoms. The van der Waals surface area contributed by atoms with Gasteiger partial charge in [0, 0.05) is 22.3 Å². The Labute approximate surface area is 168 Å². The van der Waals surface area contributed by atoms with Gasteiger partial charge in [0.1, 0.15) is 30.6 Å². The van der Waals surface area contributed by atoms with Crippen molar-refractivity contribution in [3.63, 3.8) is 0 Å². The molecule has 0 aliphatic heterocycles. The number of amidine groups is 1. The molecule has 1 amide bonds. The zero-order valence-corrected chi connectivity index (χ0v) is 16.7. The second kappa shape index (κ2) is 10.4. The lowest BCUT2D eigenvalue weighted by atomic mass is 9.96. The molecule has 10 heteroatoms. The number of rotatable bonds is 8. The number of nitrogens with two attached hydrogens (primary N) is 1. The lowest BCUT2D eigenvalue weighted by molar-refractivity contribution is 0.0321. The molecule has 1 heterocycles. The van der Waals surface area contributed by atoms with Crippen molar-refractivity contribution in [2.45, 2.75) is 19.8 Å². The third-order valence-electron chi connectivity index (χ3n) is 3.84. The molecule has 28 heavy (non-hydrogen) atoms. The highest BCUT2D eigenvalue weighted by atomic mass is 79.9. The second-order valence-corrected chi connectivity index (χ2v) is 7.07. The third-order valence-corrected chi connectivity index (χ3v) is 4.28. The number of aryl methyl sites for hydroxylation is 1. The average Bonchev–Trinajstić information content (AvgIpc) is 2.61. The van der Waals surface area contributed by atoms with E-state index in [0.717, 1.165) is 4.47 Å². The summed E-state index contributed by atoms with van der Waals surface area (Å²) in [6.07, 6.45) is 1.87. The number of pyridine rings is 1. The highest BCUT2D eigenvalue weighted by Crippen LogP contribution is 2.26. The number of ether oxygens (including phenoxy) is 1. The molecule has 0 saturated heterocycles. The second-order valence-electron chi connectivity index (χ2n) is 6.16.